The van der Waals surface area contributed by atoms with Crippen LogP contribution in [0.3, 0.4) is 0 Å². The highest BCUT2D eigenvalue weighted by Crippen LogP contribution is 2.29. The van der Waals surface area contributed by atoms with Crippen LogP contribution in [0, 0.1) is 6.92 Å². The minimum atomic E-state index is 0.352. The molecule has 0 radical (unpaired) electrons. The second-order valence-corrected chi connectivity index (χ2v) is 7.90. The number of ether oxygens (including phenoxy) is 3. The van der Waals surface area contributed by atoms with E-state index in [-0.39, 0.29) is 0 Å². The molecule has 4 aromatic rings. The van der Waals surface area contributed by atoms with Crippen LogP contribution in [0.5, 0.6) is 17.2 Å². The molecule has 0 aliphatic heterocycles. The minimum Gasteiger partial charge on any atom is -0.493 e. The summed E-state index contributed by atoms with van der Waals surface area (Å²) < 4.78 is 19.9. The Balaban J connectivity index is 1.47. The standard InChI is InChI=1S/C28H30N2O3/c1-4-10-22-15-16-26(27(19-22)31-3)33-20-28-29-23-12-6-7-13-24(23)30(28)17-9-18-32-25-14-8-5-11-21(25)2/h4-8,11-16,19H,1,9-10,17-18,20H2,2-3H3. The summed E-state index contributed by atoms with van der Waals surface area (Å²) in [5.41, 5.74) is 4.34. The maximum atomic E-state index is 6.14. The lowest BCUT2D eigenvalue weighted by molar-refractivity contribution is 0.267. The molecule has 0 amide bonds. The van der Waals surface area contributed by atoms with Gasteiger partial charge in [0.05, 0.1) is 24.8 Å². The van der Waals surface area contributed by atoms with E-state index in [1.807, 2.05) is 60.7 Å². The molecule has 0 fully saturated rings. The molecular weight excluding hydrogens is 412 g/mol. The van der Waals surface area contributed by atoms with Crippen molar-refractivity contribution in [2.45, 2.75) is 32.9 Å². The number of imidazole rings is 1. The number of hydrogen-bond acceptors (Lipinski definition) is 4. The zero-order valence-electron chi connectivity index (χ0n) is 19.3. The molecule has 0 saturated heterocycles. The van der Waals surface area contributed by atoms with Gasteiger partial charge in [-0.15, -0.1) is 6.58 Å². The van der Waals surface area contributed by atoms with E-state index in [1.54, 1.807) is 7.11 Å². The van der Waals surface area contributed by atoms with Gasteiger partial charge in [0.2, 0.25) is 0 Å². The minimum absolute atomic E-state index is 0.352. The van der Waals surface area contributed by atoms with Gasteiger partial charge in [-0.1, -0.05) is 42.5 Å². The van der Waals surface area contributed by atoms with Gasteiger partial charge in [-0.2, -0.15) is 0 Å². The number of methoxy groups -OCH3 is 1. The summed E-state index contributed by atoms with van der Waals surface area (Å²) in [6.45, 7) is 7.64. The van der Waals surface area contributed by atoms with Crippen molar-refractivity contribution in [3.63, 3.8) is 0 Å². The highest BCUT2D eigenvalue weighted by Gasteiger charge is 2.13. The average molecular weight is 443 g/mol. The van der Waals surface area contributed by atoms with Crippen LogP contribution >= 0.6 is 0 Å². The maximum absolute atomic E-state index is 6.14. The van der Waals surface area contributed by atoms with Crippen LogP contribution in [-0.4, -0.2) is 23.3 Å². The Morgan fingerprint density at radius 2 is 1.76 bits per heavy atom. The van der Waals surface area contributed by atoms with Crippen molar-refractivity contribution >= 4 is 11.0 Å². The lowest BCUT2D eigenvalue weighted by Gasteiger charge is -2.14. The molecule has 33 heavy (non-hydrogen) atoms. The van der Waals surface area contributed by atoms with Gasteiger partial charge in [0, 0.05) is 6.54 Å². The topological polar surface area (TPSA) is 45.5 Å². The van der Waals surface area contributed by atoms with E-state index >= 15 is 0 Å². The Morgan fingerprint density at radius 1 is 0.939 bits per heavy atom. The Hall–Kier alpha value is -3.73. The number of para-hydroxylation sites is 3. The highest BCUT2D eigenvalue weighted by atomic mass is 16.5. The second kappa shape index (κ2) is 10.7. The van der Waals surface area contributed by atoms with Crippen LogP contribution < -0.4 is 14.2 Å². The summed E-state index contributed by atoms with van der Waals surface area (Å²) in [6.07, 6.45) is 3.53. The highest BCUT2D eigenvalue weighted by molar-refractivity contribution is 5.75. The third-order valence-corrected chi connectivity index (χ3v) is 5.58. The molecule has 0 saturated carbocycles. The summed E-state index contributed by atoms with van der Waals surface area (Å²) in [5, 5.41) is 0. The molecule has 4 rings (SSSR count). The number of aromatic nitrogens is 2. The van der Waals surface area contributed by atoms with Gasteiger partial charge in [0.1, 0.15) is 18.2 Å². The van der Waals surface area contributed by atoms with Crippen molar-refractivity contribution in [2.24, 2.45) is 0 Å². The van der Waals surface area contributed by atoms with E-state index in [2.05, 4.69) is 30.2 Å². The number of allylic oxidation sites excluding steroid dienone is 1. The zero-order chi connectivity index (χ0) is 23.0. The number of nitrogens with zero attached hydrogens (tertiary/aromatic N) is 2. The number of fused-ring (bicyclic) bond motifs is 1. The first-order valence-electron chi connectivity index (χ1n) is 11.2. The van der Waals surface area contributed by atoms with Gasteiger partial charge in [0.15, 0.2) is 11.5 Å². The van der Waals surface area contributed by atoms with Crippen LogP contribution in [0.4, 0.5) is 0 Å². The molecule has 5 heteroatoms. The Morgan fingerprint density at radius 3 is 2.58 bits per heavy atom. The fourth-order valence-corrected chi connectivity index (χ4v) is 3.88. The number of aryl methyl sites for hydroxylation is 2. The van der Waals surface area contributed by atoms with Gasteiger partial charge in [-0.25, -0.2) is 4.98 Å². The third-order valence-electron chi connectivity index (χ3n) is 5.58. The second-order valence-electron chi connectivity index (χ2n) is 7.90. The summed E-state index contributed by atoms with van der Waals surface area (Å²) in [5.74, 6) is 3.23. The van der Waals surface area contributed by atoms with Crippen molar-refractivity contribution in [3.8, 4) is 17.2 Å². The Bertz CT molecular complexity index is 1230. The van der Waals surface area contributed by atoms with E-state index in [4.69, 9.17) is 19.2 Å². The van der Waals surface area contributed by atoms with Crippen LogP contribution in [-0.2, 0) is 19.6 Å². The molecule has 0 unspecified atom stereocenters. The van der Waals surface area contributed by atoms with Gasteiger partial charge in [-0.3, -0.25) is 0 Å². The number of benzene rings is 3. The first kappa shape index (κ1) is 22.5. The normalized spacial score (nSPS) is 10.8. The SMILES string of the molecule is C=CCc1ccc(OCc2nc3ccccc3n2CCCOc2ccccc2C)c(OC)c1. The van der Waals surface area contributed by atoms with E-state index in [0.717, 1.165) is 53.1 Å². The number of hydrogen-bond donors (Lipinski definition) is 0. The lowest BCUT2D eigenvalue weighted by atomic mass is 10.1. The molecule has 1 aromatic heterocycles. The maximum Gasteiger partial charge on any atom is 0.161 e. The predicted molar refractivity (Wildman–Crippen MR) is 132 cm³/mol. The zero-order valence-corrected chi connectivity index (χ0v) is 19.3. The Kier molecular flexibility index (Phi) is 7.30. The van der Waals surface area contributed by atoms with Gasteiger partial charge in [-0.05, 0) is 61.2 Å². The molecule has 170 valence electrons. The molecule has 0 spiro atoms. The van der Waals surface area contributed by atoms with Crippen molar-refractivity contribution in [1.29, 1.82) is 0 Å². The van der Waals surface area contributed by atoms with Gasteiger partial charge < -0.3 is 18.8 Å². The molecule has 0 bridgehead atoms. The third kappa shape index (κ3) is 5.37. The van der Waals surface area contributed by atoms with Gasteiger partial charge >= 0.3 is 0 Å². The van der Waals surface area contributed by atoms with Crippen molar-refractivity contribution < 1.29 is 14.2 Å². The van der Waals surface area contributed by atoms with E-state index < -0.39 is 0 Å². The lowest BCUT2D eigenvalue weighted by Crippen LogP contribution is -2.10. The van der Waals surface area contributed by atoms with Crippen molar-refractivity contribution in [2.75, 3.05) is 13.7 Å². The molecule has 0 atom stereocenters. The van der Waals surface area contributed by atoms with Crippen molar-refractivity contribution in [1.82, 2.24) is 9.55 Å². The van der Waals surface area contributed by atoms with Crippen LogP contribution in [0.15, 0.2) is 79.4 Å². The van der Waals surface area contributed by atoms with E-state index in [1.165, 1.54) is 0 Å². The average Bonchev–Trinajstić information content (AvgIpc) is 3.19. The first-order valence-corrected chi connectivity index (χ1v) is 11.2. The molecular formula is C28H30N2O3. The fraction of sp³-hybridized carbons (Fsp3) is 0.250. The smallest absolute Gasteiger partial charge is 0.161 e. The first-order chi connectivity index (χ1) is 16.2. The van der Waals surface area contributed by atoms with Crippen molar-refractivity contribution in [3.05, 3.63) is 96.3 Å². The molecule has 5 nitrogen and oxygen atoms in total. The number of rotatable bonds is 11. The molecule has 3 aromatic carbocycles. The van der Waals surface area contributed by atoms with E-state index in [0.29, 0.717) is 24.7 Å². The Labute approximate surface area is 195 Å². The van der Waals surface area contributed by atoms with Crippen LogP contribution in [0.2, 0.25) is 0 Å². The summed E-state index contributed by atoms with van der Waals surface area (Å²) in [4.78, 5) is 4.82. The summed E-state index contributed by atoms with van der Waals surface area (Å²) in [6, 6.07) is 22.2. The summed E-state index contributed by atoms with van der Waals surface area (Å²) in [7, 11) is 1.66. The van der Waals surface area contributed by atoms with Crippen LogP contribution in [0.1, 0.15) is 23.4 Å². The van der Waals surface area contributed by atoms with Gasteiger partial charge in [0.25, 0.3) is 0 Å². The monoisotopic (exact) mass is 442 g/mol. The molecule has 0 aliphatic carbocycles. The fourth-order valence-electron chi connectivity index (χ4n) is 3.88. The molecule has 0 aliphatic rings. The van der Waals surface area contributed by atoms with Crippen LogP contribution in [0.25, 0.3) is 11.0 Å². The largest absolute Gasteiger partial charge is 0.493 e. The molecule has 1 heterocycles. The van der Waals surface area contributed by atoms with E-state index in [9.17, 15) is 0 Å². The quantitative estimate of drug-likeness (QED) is 0.207. The molecule has 0 N–H and O–H groups in total. The predicted octanol–water partition coefficient (Wildman–Crippen LogP) is 6.13. The summed E-state index contributed by atoms with van der Waals surface area (Å²) >= 11 is 0.